The quantitative estimate of drug-likeness (QED) is 0.422. The molecule has 1 amide bonds. The van der Waals surface area contributed by atoms with E-state index in [1.165, 1.54) is 33.8 Å². The molecule has 0 aliphatic heterocycles. The number of aromatic hydroxyl groups is 1. The molecule has 0 spiro atoms. The maximum atomic E-state index is 15.1. The van der Waals surface area contributed by atoms with Gasteiger partial charge in [0.2, 0.25) is 5.91 Å². The maximum Gasteiger partial charge on any atom is 0.573 e. The highest BCUT2D eigenvalue weighted by molar-refractivity contribution is 6.06. The molecule has 192 valence electrons. The molecule has 0 aliphatic rings. The summed E-state index contributed by atoms with van der Waals surface area (Å²) in [6.45, 7) is 5.34. The van der Waals surface area contributed by atoms with Gasteiger partial charge in [0.1, 0.15) is 11.3 Å². The number of carboxylic acid groups (broad SMARTS) is 1. The predicted octanol–water partition coefficient (Wildman–Crippen LogP) is 4.46. The molecule has 1 atom stereocenters. The topological polar surface area (TPSA) is 118 Å². The number of phenols is 1. The van der Waals surface area contributed by atoms with Crippen molar-refractivity contribution in [1.29, 1.82) is 0 Å². The van der Waals surface area contributed by atoms with Crippen molar-refractivity contribution in [2.45, 2.75) is 45.5 Å². The van der Waals surface area contributed by atoms with Gasteiger partial charge in [-0.1, -0.05) is 0 Å². The zero-order valence-corrected chi connectivity index (χ0v) is 19.5. The smallest absolute Gasteiger partial charge is 0.505 e. The van der Waals surface area contributed by atoms with E-state index in [2.05, 4.69) is 10.1 Å². The van der Waals surface area contributed by atoms with Gasteiger partial charge in [0.15, 0.2) is 11.6 Å². The second-order valence-electron chi connectivity index (χ2n) is 8.65. The molecule has 3 N–H and O–H groups in total. The summed E-state index contributed by atoms with van der Waals surface area (Å²) in [6, 6.07) is 6.35. The molecule has 3 aromatic rings. The molecule has 1 aromatic heterocycles. The van der Waals surface area contributed by atoms with Gasteiger partial charge in [-0.15, -0.1) is 13.2 Å². The van der Waals surface area contributed by atoms with E-state index < -0.39 is 52.9 Å². The molecule has 8 nitrogen and oxygen atoms in total. The van der Waals surface area contributed by atoms with Crippen LogP contribution in [0.3, 0.4) is 0 Å². The van der Waals surface area contributed by atoms with Gasteiger partial charge in [0.25, 0.3) is 5.91 Å². The number of amides is 1. The number of aromatic nitrogens is 1. The van der Waals surface area contributed by atoms with Crippen LogP contribution in [0.1, 0.15) is 48.3 Å². The molecule has 0 bridgehead atoms. The number of fused-ring (bicyclic) bond motifs is 1. The van der Waals surface area contributed by atoms with Gasteiger partial charge in [-0.05, 0) is 69.7 Å². The van der Waals surface area contributed by atoms with Crippen LogP contribution in [0.2, 0.25) is 0 Å². The highest BCUT2D eigenvalue weighted by Crippen LogP contribution is 2.37. The van der Waals surface area contributed by atoms with E-state index in [9.17, 15) is 37.8 Å². The van der Waals surface area contributed by atoms with E-state index >= 15 is 4.39 Å². The van der Waals surface area contributed by atoms with Gasteiger partial charge in [-0.3, -0.25) is 14.2 Å². The van der Waals surface area contributed by atoms with E-state index in [1.54, 1.807) is 0 Å². The second kappa shape index (κ2) is 9.17. The fourth-order valence-electron chi connectivity index (χ4n) is 3.80. The van der Waals surface area contributed by atoms with Crippen molar-refractivity contribution >= 4 is 28.7 Å². The molecule has 0 aliphatic carbocycles. The average molecular weight is 510 g/mol. The summed E-state index contributed by atoms with van der Waals surface area (Å²) in [6.07, 6.45) is -4.92. The van der Waals surface area contributed by atoms with Crippen molar-refractivity contribution in [2.75, 3.05) is 0 Å². The van der Waals surface area contributed by atoms with Crippen molar-refractivity contribution in [3.8, 4) is 11.5 Å². The van der Waals surface area contributed by atoms with Gasteiger partial charge in [-0.25, -0.2) is 9.18 Å². The normalized spacial score (nSPS) is 12.9. The Hall–Kier alpha value is -4.09. The summed E-state index contributed by atoms with van der Waals surface area (Å²) in [7, 11) is 0. The van der Waals surface area contributed by atoms with Crippen molar-refractivity contribution in [1.82, 2.24) is 9.88 Å². The Morgan fingerprint density at radius 1 is 1.06 bits per heavy atom. The van der Waals surface area contributed by atoms with E-state index in [0.29, 0.717) is 0 Å². The molecule has 0 unspecified atom stereocenters. The summed E-state index contributed by atoms with van der Waals surface area (Å²) in [5.74, 6) is -6.35. The number of nitrogens with zero attached hydrogens (tertiary/aromatic N) is 1. The molecule has 12 heteroatoms. The monoisotopic (exact) mass is 510 g/mol. The first-order valence-corrected chi connectivity index (χ1v) is 10.5. The number of halogens is 4. The molecule has 0 radical (unpaired) electrons. The van der Waals surface area contributed by atoms with Crippen LogP contribution >= 0.6 is 0 Å². The minimum Gasteiger partial charge on any atom is -0.505 e. The van der Waals surface area contributed by atoms with Crippen LogP contribution in [-0.4, -0.2) is 44.5 Å². The Morgan fingerprint density at radius 3 is 2.17 bits per heavy atom. The van der Waals surface area contributed by atoms with Gasteiger partial charge < -0.3 is 20.3 Å². The van der Waals surface area contributed by atoms with Crippen molar-refractivity contribution in [2.24, 2.45) is 0 Å². The van der Waals surface area contributed by atoms with Crippen LogP contribution in [0, 0.1) is 12.7 Å². The van der Waals surface area contributed by atoms with E-state index in [-0.39, 0.29) is 27.7 Å². The van der Waals surface area contributed by atoms with Crippen LogP contribution in [-0.2, 0) is 9.59 Å². The summed E-state index contributed by atoms with van der Waals surface area (Å²) >= 11 is 0. The number of aliphatic carboxylic acids is 1. The van der Waals surface area contributed by atoms with Crippen LogP contribution in [0.25, 0.3) is 10.9 Å². The number of carboxylic acids is 1. The van der Waals surface area contributed by atoms with Gasteiger partial charge in [-0.2, -0.15) is 0 Å². The van der Waals surface area contributed by atoms with E-state index in [4.69, 9.17) is 0 Å². The number of alkyl halides is 3. The first-order valence-electron chi connectivity index (χ1n) is 10.5. The van der Waals surface area contributed by atoms with E-state index in [0.717, 1.165) is 34.9 Å². The fourth-order valence-corrected chi connectivity index (χ4v) is 3.80. The molecule has 3 rings (SSSR count). The number of rotatable bonds is 6. The Bertz CT molecular complexity index is 1360. The fraction of sp³-hybridized carbons (Fsp3) is 0.292. The zero-order chi connectivity index (χ0) is 27.2. The molecule has 0 saturated heterocycles. The number of benzene rings is 2. The molecule has 36 heavy (non-hydrogen) atoms. The highest BCUT2D eigenvalue weighted by Gasteiger charge is 2.35. The van der Waals surface area contributed by atoms with E-state index in [1.807, 2.05) is 0 Å². The van der Waals surface area contributed by atoms with Crippen molar-refractivity contribution in [3.05, 3.63) is 59.0 Å². The Morgan fingerprint density at radius 2 is 1.64 bits per heavy atom. The number of ether oxygens (including phenoxy) is 1. The number of hydrogen-bond acceptors (Lipinski definition) is 5. The second-order valence-corrected chi connectivity index (χ2v) is 8.65. The first-order chi connectivity index (χ1) is 16.5. The number of phenolic OH excluding ortho intramolecular Hbond substituents is 1. The van der Waals surface area contributed by atoms with Crippen LogP contribution in [0.5, 0.6) is 11.5 Å². The zero-order valence-electron chi connectivity index (χ0n) is 19.5. The van der Waals surface area contributed by atoms with Gasteiger partial charge in [0.05, 0.1) is 11.4 Å². The molecular weight excluding hydrogens is 488 g/mol. The Kier molecular flexibility index (Phi) is 6.75. The minimum absolute atomic E-state index is 0.00411. The lowest BCUT2D eigenvalue weighted by atomic mass is 9.95. The van der Waals surface area contributed by atoms with Crippen molar-refractivity contribution in [3.63, 3.8) is 0 Å². The minimum atomic E-state index is -4.92. The van der Waals surface area contributed by atoms with Crippen LogP contribution < -0.4 is 10.1 Å². The third-order valence-corrected chi connectivity index (χ3v) is 5.67. The maximum absolute atomic E-state index is 15.1. The van der Waals surface area contributed by atoms with Crippen LogP contribution in [0.15, 0.2) is 36.4 Å². The third-order valence-electron chi connectivity index (χ3n) is 5.67. The number of nitrogens with one attached hydrogen (secondary N) is 1. The Balaban J connectivity index is 2.13. The van der Waals surface area contributed by atoms with Gasteiger partial charge in [0, 0.05) is 16.6 Å². The standard InChI is InChI=1S/C24H22F4N2O6/c1-11(20(32)29-23(3,4)22(34)35)17-12(2)30(15-9-10-16(31)19(25)18(15)17)21(33)13-5-7-14(8-6-13)36-24(26,27)28/h5-11,31H,1-4H3,(H,29,32)(H,34,35)/t11-/m1/s1. The summed E-state index contributed by atoms with van der Waals surface area (Å²) < 4.78 is 57.3. The largest absolute Gasteiger partial charge is 0.573 e. The third kappa shape index (κ3) is 4.97. The first kappa shape index (κ1) is 26.5. The summed E-state index contributed by atoms with van der Waals surface area (Å²) in [5, 5.41) is 21.4. The number of hydrogen-bond donors (Lipinski definition) is 3. The summed E-state index contributed by atoms with van der Waals surface area (Å²) in [5.41, 5.74) is -1.56. The lowest BCUT2D eigenvalue weighted by Crippen LogP contribution is -2.50. The molecular formula is C24H22F4N2O6. The number of carbonyl (C=O) groups is 3. The summed E-state index contributed by atoms with van der Waals surface area (Å²) in [4.78, 5) is 37.6. The molecule has 1 heterocycles. The molecule has 2 aromatic carbocycles. The lowest BCUT2D eigenvalue weighted by molar-refractivity contribution is -0.274. The average Bonchev–Trinajstić information content (AvgIpc) is 3.06. The molecule has 0 fully saturated rings. The Labute approximate surface area is 202 Å². The molecule has 0 saturated carbocycles. The van der Waals surface area contributed by atoms with Gasteiger partial charge >= 0.3 is 12.3 Å². The van der Waals surface area contributed by atoms with Crippen LogP contribution in [0.4, 0.5) is 17.6 Å². The number of carbonyl (C=O) groups excluding carboxylic acids is 2. The SMILES string of the molecule is Cc1c([C@@H](C)C(=O)NC(C)(C)C(=O)O)c2c(F)c(O)ccc2n1C(=O)c1ccc(OC(F)(F)F)cc1. The highest BCUT2D eigenvalue weighted by atomic mass is 19.4. The van der Waals surface area contributed by atoms with Crippen molar-refractivity contribution < 1.29 is 46.9 Å². The lowest BCUT2D eigenvalue weighted by Gasteiger charge is -2.23. The predicted molar refractivity (Wildman–Crippen MR) is 119 cm³/mol.